The summed E-state index contributed by atoms with van der Waals surface area (Å²) in [5, 5.41) is 9.72. The zero-order chi connectivity index (χ0) is 24.1. The van der Waals surface area contributed by atoms with Crippen LogP contribution in [0.15, 0.2) is 53.9 Å². The summed E-state index contributed by atoms with van der Waals surface area (Å²) in [6, 6.07) is 14.3. The molecule has 0 aliphatic carbocycles. The number of amides is 1. The fourth-order valence-electron chi connectivity index (χ4n) is 3.83. The number of thiocarbonyl (C=S) groups is 1. The topological polar surface area (TPSA) is 60.5 Å². The van der Waals surface area contributed by atoms with Crippen molar-refractivity contribution in [2.24, 2.45) is 0 Å². The van der Waals surface area contributed by atoms with E-state index in [1.807, 2.05) is 31.6 Å². The van der Waals surface area contributed by atoms with Crippen LogP contribution in [0.25, 0.3) is 0 Å². The number of carbonyl (C=O) groups excluding carboxylic acids is 1. The van der Waals surface area contributed by atoms with E-state index in [1.54, 1.807) is 12.1 Å². The molecule has 1 amide bonds. The number of piperidine rings is 1. The molecule has 9 heteroatoms. The molecule has 1 fully saturated rings. The van der Waals surface area contributed by atoms with E-state index in [-0.39, 0.29) is 11.7 Å². The monoisotopic (exact) mass is 497 g/mol. The number of hydrogen-bond acceptors (Lipinski definition) is 5. The molecule has 0 atom stereocenters. The number of aromatic nitrogens is 1. The van der Waals surface area contributed by atoms with E-state index in [2.05, 4.69) is 37.6 Å². The average Bonchev–Trinajstić information content (AvgIpc) is 3.34. The zero-order valence-corrected chi connectivity index (χ0v) is 20.9. The number of benzene rings is 2. The van der Waals surface area contributed by atoms with Gasteiger partial charge in [0.25, 0.3) is 5.91 Å². The van der Waals surface area contributed by atoms with Gasteiger partial charge in [0.15, 0.2) is 5.11 Å². The molecular weight excluding hydrogens is 469 g/mol. The normalized spacial score (nSPS) is 14.0. The molecular formula is C25H28FN5OS2. The first-order valence-electron chi connectivity index (χ1n) is 11.2. The molecule has 178 valence electrons. The molecule has 2 aromatic carbocycles. The van der Waals surface area contributed by atoms with E-state index in [0.717, 1.165) is 53.0 Å². The Morgan fingerprint density at radius 2 is 1.82 bits per heavy atom. The number of carbonyl (C=O) groups is 1. The number of nitrogens with one attached hydrogen (secondary N) is 2. The second-order valence-corrected chi connectivity index (χ2v) is 9.79. The Bertz CT molecular complexity index is 1120. The van der Waals surface area contributed by atoms with E-state index < -0.39 is 0 Å². The Hall–Kier alpha value is -3.04. The minimum atomic E-state index is -0.291. The van der Waals surface area contributed by atoms with Crippen molar-refractivity contribution in [2.45, 2.75) is 25.3 Å². The van der Waals surface area contributed by atoms with Crippen LogP contribution in [0, 0.1) is 5.82 Å². The predicted octanol–water partition coefficient (Wildman–Crippen LogP) is 4.85. The van der Waals surface area contributed by atoms with E-state index in [1.165, 1.54) is 23.5 Å². The fraction of sp³-hybridized carbons (Fsp3) is 0.320. The number of thiazole rings is 1. The van der Waals surface area contributed by atoms with E-state index >= 15 is 0 Å². The van der Waals surface area contributed by atoms with Crippen molar-refractivity contribution in [2.75, 3.05) is 37.4 Å². The molecule has 1 aliphatic heterocycles. The maximum Gasteiger partial charge on any atom is 0.271 e. The Kier molecular flexibility index (Phi) is 7.74. The highest BCUT2D eigenvalue weighted by atomic mass is 32.1. The van der Waals surface area contributed by atoms with Gasteiger partial charge >= 0.3 is 0 Å². The highest BCUT2D eigenvalue weighted by molar-refractivity contribution is 7.80. The maximum atomic E-state index is 13.0. The first kappa shape index (κ1) is 24.1. The van der Waals surface area contributed by atoms with Gasteiger partial charge in [-0.1, -0.05) is 12.1 Å². The van der Waals surface area contributed by atoms with Crippen LogP contribution in [0.1, 0.15) is 39.8 Å². The van der Waals surface area contributed by atoms with Crippen LogP contribution in [-0.4, -0.2) is 48.1 Å². The van der Waals surface area contributed by atoms with Crippen LogP contribution < -0.4 is 15.5 Å². The molecule has 0 spiro atoms. The summed E-state index contributed by atoms with van der Waals surface area (Å²) >= 11 is 7.16. The standard InChI is InChI=1S/C25H28FN5OS2/c1-30(2)21-9-7-20(8-10-21)28-25(33)31-13-11-18(12-14-31)24-29-22(16-34-24)23(32)27-15-17-3-5-19(26)6-4-17/h3-10,16,18H,11-15H2,1-2H3,(H,27,32)(H,28,33). The fourth-order valence-corrected chi connectivity index (χ4v) is 5.10. The minimum absolute atomic E-state index is 0.213. The summed E-state index contributed by atoms with van der Waals surface area (Å²) in [6.07, 6.45) is 1.87. The predicted molar refractivity (Wildman–Crippen MR) is 140 cm³/mol. The first-order valence-corrected chi connectivity index (χ1v) is 12.5. The minimum Gasteiger partial charge on any atom is -0.378 e. The van der Waals surface area contributed by atoms with Crippen LogP contribution >= 0.6 is 23.6 Å². The largest absolute Gasteiger partial charge is 0.378 e. The van der Waals surface area contributed by atoms with Gasteiger partial charge in [0.2, 0.25) is 0 Å². The SMILES string of the molecule is CN(C)c1ccc(NC(=S)N2CCC(c3nc(C(=O)NCc4ccc(F)cc4)cs3)CC2)cc1. The van der Waals surface area contributed by atoms with Crippen molar-refractivity contribution in [3.63, 3.8) is 0 Å². The van der Waals surface area contributed by atoms with Crippen molar-refractivity contribution < 1.29 is 9.18 Å². The molecule has 2 N–H and O–H groups in total. The van der Waals surface area contributed by atoms with Crippen LogP contribution in [0.5, 0.6) is 0 Å². The molecule has 34 heavy (non-hydrogen) atoms. The van der Waals surface area contributed by atoms with Crippen LogP contribution in [0.4, 0.5) is 15.8 Å². The highest BCUT2D eigenvalue weighted by Crippen LogP contribution is 2.30. The van der Waals surface area contributed by atoms with Gasteiger partial charge in [-0.05, 0) is 67.0 Å². The second-order valence-electron chi connectivity index (χ2n) is 8.51. The quantitative estimate of drug-likeness (QED) is 0.475. The molecule has 3 aromatic rings. The third-order valence-corrected chi connectivity index (χ3v) is 7.25. The van der Waals surface area contributed by atoms with Crippen molar-refractivity contribution in [1.29, 1.82) is 0 Å². The molecule has 0 unspecified atom stereocenters. The summed E-state index contributed by atoms with van der Waals surface area (Å²) in [6.45, 7) is 2.03. The van der Waals surface area contributed by atoms with E-state index in [4.69, 9.17) is 12.2 Å². The summed E-state index contributed by atoms with van der Waals surface area (Å²) in [5.74, 6) is -0.183. The zero-order valence-electron chi connectivity index (χ0n) is 19.3. The Labute approximate surface area is 208 Å². The van der Waals surface area contributed by atoms with Gasteiger partial charge in [0.05, 0.1) is 5.01 Å². The lowest BCUT2D eigenvalue weighted by Crippen LogP contribution is -2.40. The smallest absolute Gasteiger partial charge is 0.271 e. The second kappa shape index (κ2) is 10.9. The van der Waals surface area contributed by atoms with Gasteiger partial charge in [-0.2, -0.15) is 0 Å². The lowest BCUT2D eigenvalue weighted by molar-refractivity contribution is 0.0946. The van der Waals surface area contributed by atoms with Crippen molar-refractivity contribution in [1.82, 2.24) is 15.2 Å². The molecule has 0 radical (unpaired) electrons. The van der Waals surface area contributed by atoms with Crippen LogP contribution in [0.2, 0.25) is 0 Å². The Morgan fingerprint density at radius 1 is 1.15 bits per heavy atom. The van der Waals surface area contributed by atoms with E-state index in [9.17, 15) is 9.18 Å². The molecule has 4 rings (SSSR count). The number of anilines is 2. The molecule has 1 aliphatic rings. The highest BCUT2D eigenvalue weighted by Gasteiger charge is 2.25. The Morgan fingerprint density at radius 3 is 2.47 bits per heavy atom. The summed E-state index contributed by atoms with van der Waals surface area (Å²) in [4.78, 5) is 21.3. The third-order valence-electron chi connectivity index (χ3n) is 5.89. The number of halogens is 1. The Balaban J connectivity index is 1.25. The molecule has 0 saturated carbocycles. The van der Waals surface area contributed by atoms with E-state index in [0.29, 0.717) is 18.2 Å². The summed E-state index contributed by atoms with van der Waals surface area (Å²) in [7, 11) is 4.03. The van der Waals surface area contributed by atoms with Crippen molar-refractivity contribution in [3.8, 4) is 0 Å². The number of likely N-dealkylation sites (tertiary alicyclic amines) is 1. The third kappa shape index (κ3) is 6.09. The molecule has 1 saturated heterocycles. The van der Waals surface area contributed by atoms with Gasteiger partial charge in [-0.15, -0.1) is 11.3 Å². The van der Waals surface area contributed by atoms with Gasteiger partial charge in [-0.3, -0.25) is 4.79 Å². The summed E-state index contributed by atoms with van der Waals surface area (Å²) in [5.41, 5.74) is 3.40. The lowest BCUT2D eigenvalue weighted by Gasteiger charge is -2.33. The molecule has 1 aromatic heterocycles. The number of rotatable bonds is 6. The molecule has 2 heterocycles. The number of nitrogens with zero attached hydrogens (tertiary/aromatic N) is 3. The molecule has 0 bridgehead atoms. The van der Waals surface area contributed by atoms with Gasteiger partial charge in [0, 0.05) is 56.4 Å². The average molecular weight is 498 g/mol. The number of hydrogen-bond donors (Lipinski definition) is 2. The van der Waals surface area contributed by atoms with Crippen molar-refractivity contribution >= 4 is 45.9 Å². The maximum absolute atomic E-state index is 13.0. The van der Waals surface area contributed by atoms with Crippen LogP contribution in [-0.2, 0) is 6.54 Å². The van der Waals surface area contributed by atoms with Crippen LogP contribution in [0.3, 0.4) is 0 Å². The molecule has 6 nitrogen and oxygen atoms in total. The van der Waals surface area contributed by atoms with Gasteiger partial charge in [-0.25, -0.2) is 9.37 Å². The van der Waals surface area contributed by atoms with Gasteiger partial charge in [0.1, 0.15) is 11.5 Å². The van der Waals surface area contributed by atoms with Gasteiger partial charge < -0.3 is 20.4 Å². The summed E-state index contributed by atoms with van der Waals surface area (Å²) < 4.78 is 13.0. The lowest BCUT2D eigenvalue weighted by atomic mass is 9.98. The first-order chi connectivity index (χ1) is 16.4. The van der Waals surface area contributed by atoms with Crippen molar-refractivity contribution in [3.05, 3.63) is 76.0 Å².